The summed E-state index contributed by atoms with van der Waals surface area (Å²) in [7, 11) is 0. The number of hydrogen-bond donors (Lipinski definition) is 1. The second-order valence-corrected chi connectivity index (χ2v) is 13.7. The lowest BCUT2D eigenvalue weighted by molar-refractivity contribution is -0.146. The molecule has 3 aromatic carbocycles. The van der Waals surface area contributed by atoms with Crippen molar-refractivity contribution < 1.29 is 29.0 Å². The number of carbonyl (C=O) groups excluding carboxylic acids is 3. The van der Waals surface area contributed by atoms with Crippen molar-refractivity contribution in [1.82, 2.24) is 4.90 Å². The third kappa shape index (κ3) is 8.76. The Labute approximate surface area is 280 Å². The van der Waals surface area contributed by atoms with Crippen LogP contribution in [0.5, 0.6) is 17.2 Å². The number of rotatable bonds is 14. The van der Waals surface area contributed by atoms with Crippen molar-refractivity contribution in [3.8, 4) is 27.7 Å². The highest BCUT2D eigenvalue weighted by atomic mass is 32.1. The molecule has 0 radical (unpaired) electrons. The lowest BCUT2D eigenvalue weighted by atomic mass is 9.86. The Morgan fingerprint density at radius 2 is 1.62 bits per heavy atom. The van der Waals surface area contributed by atoms with E-state index >= 15 is 0 Å². The Balaban J connectivity index is 1.36. The third-order valence-electron chi connectivity index (χ3n) is 8.41. The van der Waals surface area contributed by atoms with Gasteiger partial charge in [-0.25, -0.2) is 0 Å². The molecule has 0 spiro atoms. The highest BCUT2D eigenvalue weighted by molar-refractivity contribution is 7.22. The van der Waals surface area contributed by atoms with Gasteiger partial charge in [0.2, 0.25) is 0 Å². The van der Waals surface area contributed by atoms with Crippen molar-refractivity contribution in [2.24, 2.45) is 5.41 Å². The second kappa shape index (κ2) is 15.5. The van der Waals surface area contributed by atoms with Gasteiger partial charge in [-0.3, -0.25) is 19.3 Å². The first kappa shape index (κ1) is 34.1. The molecule has 0 unspecified atom stereocenters. The number of esters is 1. The summed E-state index contributed by atoms with van der Waals surface area (Å²) in [6.07, 6.45) is 8.77. The number of ether oxygens (including phenoxy) is 2. The van der Waals surface area contributed by atoms with Crippen LogP contribution < -0.4 is 9.47 Å². The van der Waals surface area contributed by atoms with Crippen LogP contribution in [0.25, 0.3) is 20.5 Å². The number of phenols is 1. The number of Topliss-reactive ketones (excluding diaryl/α,β-unsaturated/α-hetero) is 1. The molecule has 246 valence electrons. The van der Waals surface area contributed by atoms with Crippen LogP contribution in [-0.2, 0) is 9.59 Å². The third-order valence-corrected chi connectivity index (χ3v) is 9.61. The Morgan fingerprint density at radius 3 is 2.32 bits per heavy atom. The van der Waals surface area contributed by atoms with E-state index in [0.29, 0.717) is 23.5 Å². The first-order valence-electron chi connectivity index (χ1n) is 16.4. The van der Waals surface area contributed by atoms with Gasteiger partial charge in [0.25, 0.3) is 0 Å². The molecule has 0 bridgehead atoms. The summed E-state index contributed by atoms with van der Waals surface area (Å²) in [4.78, 5) is 42.9. The van der Waals surface area contributed by atoms with E-state index in [1.807, 2.05) is 31.2 Å². The Hall–Kier alpha value is -4.27. The maximum absolute atomic E-state index is 14.1. The maximum Gasteiger partial charge on any atom is 0.317 e. The van der Waals surface area contributed by atoms with Crippen LogP contribution in [0.1, 0.15) is 75.2 Å². The van der Waals surface area contributed by atoms with E-state index in [2.05, 4.69) is 4.90 Å². The fraction of sp³-hybridized carbons (Fsp3) is 0.359. The predicted molar refractivity (Wildman–Crippen MR) is 188 cm³/mol. The number of hydrogen-bond acceptors (Lipinski definition) is 8. The molecule has 7 nitrogen and oxygen atoms in total. The Morgan fingerprint density at radius 1 is 0.915 bits per heavy atom. The fourth-order valence-electron chi connectivity index (χ4n) is 5.77. The number of aromatic hydroxyl groups is 1. The van der Waals surface area contributed by atoms with Crippen LogP contribution in [0.15, 0.2) is 78.9 Å². The average molecular weight is 654 g/mol. The summed E-state index contributed by atoms with van der Waals surface area (Å²) in [5, 5.41) is 10.6. The average Bonchev–Trinajstić information content (AvgIpc) is 3.44. The summed E-state index contributed by atoms with van der Waals surface area (Å²) in [6, 6.07) is 19.3. The van der Waals surface area contributed by atoms with Gasteiger partial charge in [0.15, 0.2) is 5.78 Å². The number of allylic oxidation sites excluding steroid dienone is 2. The smallest absolute Gasteiger partial charge is 0.317 e. The van der Waals surface area contributed by atoms with Gasteiger partial charge in [-0.1, -0.05) is 25.5 Å². The predicted octanol–water partition coefficient (Wildman–Crippen LogP) is 8.62. The molecule has 1 saturated heterocycles. The van der Waals surface area contributed by atoms with Crippen LogP contribution >= 0.6 is 11.3 Å². The summed E-state index contributed by atoms with van der Waals surface area (Å²) < 4.78 is 12.5. The molecular formula is C39H43NO6S. The molecule has 0 saturated carbocycles. The van der Waals surface area contributed by atoms with Gasteiger partial charge in [0, 0.05) is 45.5 Å². The first-order chi connectivity index (χ1) is 22.6. The molecule has 1 fully saturated rings. The van der Waals surface area contributed by atoms with Gasteiger partial charge >= 0.3 is 5.97 Å². The molecule has 1 aliphatic rings. The SMILES string of the molecule is CC/C=C\CC(=O)CC(C)(C)C(=O)Oc1ccc2c(C(=O)c3ccc(OCCN4CCCCC4)cc3)c(-c3ccc(O)cc3)sc2c1. The largest absolute Gasteiger partial charge is 0.508 e. The number of carbonyl (C=O) groups is 3. The first-order valence-corrected chi connectivity index (χ1v) is 17.2. The van der Waals surface area contributed by atoms with Gasteiger partial charge in [-0.2, -0.15) is 0 Å². The van der Waals surface area contributed by atoms with Gasteiger partial charge < -0.3 is 14.6 Å². The number of benzene rings is 3. The fourth-order valence-corrected chi connectivity index (χ4v) is 7.00. The molecule has 0 aliphatic carbocycles. The van der Waals surface area contributed by atoms with Gasteiger partial charge in [-0.05, 0) is 118 Å². The number of ketones is 2. The number of likely N-dealkylation sites (tertiary alicyclic amines) is 1. The molecule has 2 heterocycles. The van der Waals surface area contributed by atoms with E-state index < -0.39 is 11.4 Å². The highest BCUT2D eigenvalue weighted by Gasteiger charge is 2.32. The van der Waals surface area contributed by atoms with E-state index in [1.165, 1.54) is 30.6 Å². The summed E-state index contributed by atoms with van der Waals surface area (Å²) in [5.74, 6) is 0.549. The van der Waals surface area contributed by atoms with Crippen molar-refractivity contribution >= 4 is 39.0 Å². The van der Waals surface area contributed by atoms with E-state index in [4.69, 9.17) is 9.47 Å². The van der Waals surface area contributed by atoms with Gasteiger partial charge in [0.1, 0.15) is 29.6 Å². The molecule has 8 heteroatoms. The van der Waals surface area contributed by atoms with Crippen molar-refractivity contribution in [3.05, 3.63) is 90.0 Å². The molecule has 0 amide bonds. The molecule has 47 heavy (non-hydrogen) atoms. The maximum atomic E-state index is 14.1. The van der Waals surface area contributed by atoms with E-state index in [0.717, 1.165) is 52.3 Å². The molecular weight excluding hydrogens is 610 g/mol. The minimum absolute atomic E-state index is 0.0240. The zero-order valence-corrected chi connectivity index (χ0v) is 28.2. The summed E-state index contributed by atoms with van der Waals surface area (Å²) in [6.45, 7) is 9.16. The Bertz CT molecular complexity index is 1730. The minimum atomic E-state index is -0.997. The molecule has 0 atom stereocenters. The number of fused-ring (bicyclic) bond motifs is 1. The van der Waals surface area contributed by atoms with Crippen LogP contribution in [0.3, 0.4) is 0 Å². The number of nitrogens with zero attached hydrogens (tertiary/aromatic N) is 1. The number of thiophene rings is 1. The van der Waals surface area contributed by atoms with Crippen LogP contribution in [0.4, 0.5) is 0 Å². The van der Waals surface area contributed by atoms with Gasteiger partial charge in [-0.15, -0.1) is 11.3 Å². The molecule has 4 aromatic rings. The van der Waals surface area contributed by atoms with E-state index in [1.54, 1.807) is 68.4 Å². The van der Waals surface area contributed by atoms with Crippen molar-refractivity contribution in [2.75, 3.05) is 26.2 Å². The zero-order valence-electron chi connectivity index (χ0n) is 27.4. The van der Waals surface area contributed by atoms with Crippen molar-refractivity contribution in [1.29, 1.82) is 0 Å². The van der Waals surface area contributed by atoms with Crippen LogP contribution in [0, 0.1) is 5.41 Å². The lowest BCUT2D eigenvalue weighted by Crippen LogP contribution is -2.33. The minimum Gasteiger partial charge on any atom is -0.508 e. The molecule has 5 rings (SSSR count). The monoisotopic (exact) mass is 653 g/mol. The number of phenolic OH excluding ortho intramolecular Hbond substituents is 1. The van der Waals surface area contributed by atoms with Crippen LogP contribution in [-0.4, -0.2) is 53.8 Å². The zero-order chi connectivity index (χ0) is 33.4. The topological polar surface area (TPSA) is 93.1 Å². The normalized spacial score (nSPS) is 14.0. The molecule has 1 aliphatic heterocycles. The van der Waals surface area contributed by atoms with Crippen molar-refractivity contribution in [2.45, 2.75) is 59.3 Å². The standard InChI is InChI=1S/C39H43NO6S/c1-4-5-7-10-30(42)26-39(2,3)38(44)46-32-19-20-33-34(25-32)47-37(28-11-15-29(41)16-12-28)35(33)36(43)27-13-17-31(18-14-27)45-24-23-40-21-8-6-9-22-40/h5,7,11-20,25,41H,4,6,8-10,21-24,26H2,1-3H3/b7-5-. The Kier molecular flexibility index (Phi) is 11.3. The lowest BCUT2D eigenvalue weighted by Gasteiger charge is -2.26. The summed E-state index contributed by atoms with van der Waals surface area (Å²) in [5.41, 5.74) is 0.867. The van der Waals surface area contributed by atoms with E-state index in [9.17, 15) is 19.5 Å². The second-order valence-electron chi connectivity index (χ2n) is 12.7. The van der Waals surface area contributed by atoms with Gasteiger partial charge in [0.05, 0.1) is 5.41 Å². The summed E-state index contributed by atoms with van der Waals surface area (Å²) >= 11 is 1.42. The molecule has 1 aromatic heterocycles. The highest BCUT2D eigenvalue weighted by Crippen LogP contribution is 2.42. The quantitative estimate of drug-likeness (QED) is 0.0630. The van der Waals surface area contributed by atoms with Crippen molar-refractivity contribution in [3.63, 3.8) is 0 Å². The molecule has 1 N–H and O–H groups in total. The van der Waals surface area contributed by atoms with Crippen LogP contribution in [0.2, 0.25) is 0 Å². The van der Waals surface area contributed by atoms with E-state index in [-0.39, 0.29) is 30.2 Å². The number of piperidine rings is 1.